The van der Waals surface area contributed by atoms with Crippen molar-refractivity contribution in [1.29, 1.82) is 0 Å². The van der Waals surface area contributed by atoms with Crippen LogP contribution < -0.4 is 5.32 Å². The molecule has 1 aliphatic rings. The number of carboxylic acid groups (broad SMARTS) is 1. The Morgan fingerprint density at radius 2 is 2.39 bits per heavy atom. The van der Waals surface area contributed by atoms with Gasteiger partial charge in [0.05, 0.1) is 17.3 Å². The van der Waals surface area contributed by atoms with Gasteiger partial charge >= 0.3 is 5.97 Å². The van der Waals surface area contributed by atoms with E-state index in [9.17, 15) is 4.79 Å². The minimum Gasteiger partial charge on any atom is -0.481 e. The summed E-state index contributed by atoms with van der Waals surface area (Å²) < 4.78 is 1.87. The predicted octanol–water partition coefficient (Wildman–Crippen LogP) is 1.32. The molecule has 2 unspecified atom stereocenters. The Balaban J connectivity index is 1.82. The van der Waals surface area contributed by atoms with Gasteiger partial charge in [-0.3, -0.25) is 9.48 Å². The summed E-state index contributed by atoms with van der Waals surface area (Å²) in [4.78, 5) is 11.1. The van der Waals surface area contributed by atoms with Gasteiger partial charge in [-0.05, 0) is 38.3 Å². The second-order valence-corrected chi connectivity index (χ2v) is 5.17. The molecular formula is C13H21N3O2. The summed E-state index contributed by atoms with van der Waals surface area (Å²) in [5, 5.41) is 16.8. The highest BCUT2D eigenvalue weighted by molar-refractivity contribution is 5.70. The molecule has 1 aromatic rings. The molecule has 100 valence electrons. The Bertz CT molecular complexity index is 428. The van der Waals surface area contributed by atoms with Crippen LogP contribution in [0.2, 0.25) is 0 Å². The quantitative estimate of drug-likeness (QED) is 0.828. The average Bonchev–Trinajstić information content (AvgIpc) is 2.86. The molecule has 0 saturated heterocycles. The average molecular weight is 251 g/mol. The number of aryl methyl sites for hydroxylation is 2. The molecular weight excluding hydrogens is 230 g/mol. The van der Waals surface area contributed by atoms with Gasteiger partial charge < -0.3 is 10.4 Å². The summed E-state index contributed by atoms with van der Waals surface area (Å²) in [7, 11) is 1.93. The van der Waals surface area contributed by atoms with Crippen molar-refractivity contribution in [3.63, 3.8) is 0 Å². The van der Waals surface area contributed by atoms with Crippen LogP contribution in [-0.4, -0.2) is 27.4 Å². The first-order chi connectivity index (χ1) is 8.58. The van der Waals surface area contributed by atoms with E-state index in [1.54, 1.807) is 0 Å². The first-order valence-corrected chi connectivity index (χ1v) is 6.51. The van der Waals surface area contributed by atoms with Crippen LogP contribution in [0.15, 0.2) is 6.07 Å². The normalized spacial score (nSPS) is 23.4. The Hall–Kier alpha value is -1.36. The predicted molar refractivity (Wildman–Crippen MR) is 68.1 cm³/mol. The molecule has 0 radical (unpaired) electrons. The van der Waals surface area contributed by atoms with Gasteiger partial charge in [0.25, 0.3) is 0 Å². The molecule has 1 fully saturated rings. The maximum Gasteiger partial charge on any atom is 0.306 e. The molecule has 1 aromatic heterocycles. The standard InChI is InChI=1S/C13H21N3O2/c1-9-6-11(16(2)15-9)8-14-7-10-4-3-5-12(10)13(17)18/h6,10,12,14H,3-5,7-8H2,1-2H3,(H,17,18). The van der Waals surface area contributed by atoms with Crippen molar-refractivity contribution < 1.29 is 9.90 Å². The zero-order valence-corrected chi connectivity index (χ0v) is 11.0. The van der Waals surface area contributed by atoms with E-state index in [1.165, 1.54) is 0 Å². The van der Waals surface area contributed by atoms with Gasteiger partial charge in [-0.2, -0.15) is 5.10 Å². The van der Waals surface area contributed by atoms with Gasteiger partial charge in [0, 0.05) is 13.6 Å². The van der Waals surface area contributed by atoms with E-state index >= 15 is 0 Å². The first kappa shape index (κ1) is 13.1. The second kappa shape index (κ2) is 5.52. The van der Waals surface area contributed by atoms with Crippen molar-refractivity contribution in [3.8, 4) is 0 Å². The topological polar surface area (TPSA) is 67.2 Å². The number of nitrogens with one attached hydrogen (secondary N) is 1. The molecule has 18 heavy (non-hydrogen) atoms. The fourth-order valence-electron chi connectivity index (χ4n) is 2.82. The SMILES string of the molecule is Cc1cc(CNCC2CCCC2C(=O)O)n(C)n1. The molecule has 0 amide bonds. The molecule has 2 atom stereocenters. The number of aliphatic carboxylic acids is 1. The van der Waals surface area contributed by atoms with Crippen molar-refractivity contribution in [1.82, 2.24) is 15.1 Å². The molecule has 2 N–H and O–H groups in total. The lowest BCUT2D eigenvalue weighted by molar-refractivity contribution is -0.142. The fraction of sp³-hybridized carbons (Fsp3) is 0.692. The smallest absolute Gasteiger partial charge is 0.306 e. The minimum absolute atomic E-state index is 0.161. The number of carboxylic acids is 1. The first-order valence-electron chi connectivity index (χ1n) is 6.51. The maximum absolute atomic E-state index is 11.1. The summed E-state index contributed by atoms with van der Waals surface area (Å²) >= 11 is 0. The van der Waals surface area contributed by atoms with Gasteiger partial charge in [-0.25, -0.2) is 0 Å². The zero-order chi connectivity index (χ0) is 13.1. The van der Waals surface area contributed by atoms with Crippen LogP contribution >= 0.6 is 0 Å². The summed E-state index contributed by atoms with van der Waals surface area (Å²) in [6.07, 6.45) is 2.88. The molecule has 1 saturated carbocycles. The molecule has 5 nitrogen and oxygen atoms in total. The van der Waals surface area contributed by atoms with E-state index in [-0.39, 0.29) is 11.8 Å². The second-order valence-electron chi connectivity index (χ2n) is 5.17. The van der Waals surface area contributed by atoms with Crippen LogP contribution in [0.4, 0.5) is 0 Å². The lowest BCUT2D eigenvalue weighted by Gasteiger charge is -2.16. The zero-order valence-electron chi connectivity index (χ0n) is 11.0. The number of rotatable bonds is 5. The van der Waals surface area contributed by atoms with Crippen molar-refractivity contribution in [3.05, 3.63) is 17.5 Å². The van der Waals surface area contributed by atoms with Gasteiger partial charge in [0.1, 0.15) is 0 Å². The number of nitrogens with zero attached hydrogens (tertiary/aromatic N) is 2. The van der Waals surface area contributed by atoms with E-state index in [0.29, 0.717) is 0 Å². The maximum atomic E-state index is 11.1. The largest absolute Gasteiger partial charge is 0.481 e. The molecule has 0 spiro atoms. The van der Waals surface area contributed by atoms with E-state index in [2.05, 4.69) is 16.5 Å². The van der Waals surface area contributed by atoms with Crippen molar-refractivity contribution in [2.75, 3.05) is 6.54 Å². The third-order valence-electron chi connectivity index (χ3n) is 3.79. The summed E-state index contributed by atoms with van der Waals surface area (Å²) in [6.45, 7) is 3.50. The van der Waals surface area contributed by atoms with Crippen molar-refractivity contribution >= 4 is 5.97 Å². The molecule has 1 heterocycles. The van der Waals surface area contributed by atoms with Crippen LogP contribution in [0.3, 0.4) is 0 Å². The highest BCUT2D eigenvalue weighted by atomic mass is 16.4. The van der Waals surface area contributed by atoms with Crippen LogP contribution in [-0.2, 0) is 18.4 Å². The highest BCUT2D eigenvalue weighted by Crippen LogP contribution is 2.31. The number of carbonyl (C=O) groups is 1. The molecule has 2 rings (SSSR count). The third-order valence-corrected chi connectivity index (χ3v) is 3.79. The van der Waals surface area contributed by atoms with Gasteiger partial charge in [-0.15, -0.1) is 0 Å². The van der Waals surface area contributed by atoms with Gasteiger partial charge in [0.2, 0.25) is 0 Å². The molecule has 5 heteroatoms. The Morgan fingerprint density at radius 3 is 3.00 bits per heavy atom. The fourth-order valence-corrected chi connectivity index (χ4v) is 2.82. The van der Waals surface area contributed by atoms with E-state index in [4.69, 9.17) is 5.11 Å². The number of hydrogen-bond acceptors (Lipinski definition) is 3. The van der Waals surface area contributed by atoms with E-state index in [0.717, 1.165) is 43.7 Å². The molecule has 0 aromatic carbocycles. The summed E-state index contributed by atoms with van der Waals surface area (Å²) in [6, 6.07) is 2.05. The van der Waals surface area contributed by atoms with E-state index in [1.807, 2.05) is 18.7 Å². The van der Waals surface area contributed by atoms with Crippen LogP contribution in [0.25, 0.3) is 0 Å². The Morgan fingerprint density at radius 1 is 1.61 bits per heavy atom. The molecule has 1 aliphatic carbocycles. The molecule has 0 aliphatic heterocycles. The van der Waals surface area contributed by atoms with Crippen molar-refractivity contribution in [2.45, 2.75) is 32.7 Å². The van der Waals surface area contributed by atoms with Gasteiger partial charge in [0.15, 0.2) is 0 Å². The van der Waals surface area contributed by atoms with Crippen molar-refractivity contribution in [2.24, 2.45) is 18.9 Å². The Labute approximate surface area is 107 Å². The molecule has 0 bridgehead atoms. The summed E-state index contributed by atoms with van der Waals surface area (Å²) in [5.74, 6) is -0.529. The lowest BCUT2D eigenvalue weighted by Crippen LogP contribution is -2.29. The van der Waals surface area contributed by atoms with Gasteiger partial charge in [-0.1, -0.05) is 6.42 Å². The monoisotopic (exact) mass is 251 g/mol. The number of aromatic nitrogens is 2. The van der Waals surface area contributed by atoms with Crippen LogP contribution in [0, 0.1) is 18.8 Å². The van der Waals surface area contributed by atoms with E-state index < -0.39 is 5.97 Å². The summed E-state index contributed by atoms with van der Waals surface area (Å²) in [5.41, 5.74) is 2.15. The highest BCUT2D eigenvalue weighted by Gasteiger charge is 2.32. The Kier molecular flexibility index (Phi) is 4.01. The van der Waals surface area contributed by atoms with Crippen LogP contribution in [0.5, 0.6) is 0 Å². The lowest BCUT2D eigenvalue weighted by atomic mass is 9.96. The van der Waals surface area contributed by atoms with Crippen LogP contribution in [0.1, 0.15) is 30.7 Å². The minimum atomic E-state index is -0.643. The third kappa shape index (κ3) is 2.90. The number of hydrogen-bond donors (Lipinski definition) is 2.